The Bertz CT molecular complexity index is 125. The van der Waals surface area contributed by atoms with Gasteiger partial charge in [0.1, 0.15) is 0 Å². The maximum Gasteiger partial charge on any atom is 0.00592 e. The summed E-state index contributed by atoms with van der Waals surface area (Å²) in [4.78, 5) is 0. The van der Waals surface area contributed by atoms with Crippen LogP contribution < -0.4 is 17.2 Å². The Morgan fingerprint density at radius 3 is 2.09 bits per heavy atom. The van der Waals surface area contributed by atoms with E-state index in [1.165, 1.54) is 0 Å². The largest absolute Gasteiger partial charge is 0.330 e. The minimum atomic E-state index is 0.192. The lowest BCUT2D eigenvalue weighted by Gasteiger charge is -2.39. The van der Waals surface area contributed by atoms with Crippen LogP contribution in [0.1, 0.15) is 26.2 Å². The topological polar surface area (TPSA) is 78.1 Å². The van der Waals surface area contributed by atoms with E-state index in [2.05, 4.69) is 6.92 Å². The first-order valence-corrected chi connectivity index (χ1v) is 4.27. The van der Waals surface area contributed by atoms with Crippen molar-refractivity contribution in [3.05, 3.63) is 0 Å². The van der Waals surface area contributed by atoms with Gasteiger partial charge >= 0.3 is 0 Å². The quantitative estimate of drug-likeness (QED) is 0.493. The van der Waals surface area contributed by atoms with Gasteiger partial charge in [0.2, 0.25) is 0 Å². The number of hydrogen-bond donors (Lipinski definition) is 3. The summed E-state index contributed by atoms with van der Waals surface area (Å²) in [6.07, 6.45) is 3.00. The summed E-state index contributed by atoms with van der Waals surface area (Å²) in [6.45, 7) is 2.88. The van der Waals surface area contributed by atoms with E-state index in [0.29, 0.717) is 6.54 Å². The van der Waals surface area contributed by atoms with Crippen LogP contribution in [-0.2, 0) is 0 Å². The molecular weight excluding hydrogens is 138 g/mol. The van der Waals surface area contributed by atoms with E-state index in [-0.39, 0.29) is 17.5 Å². The van der Waals surface area contributed by atoms with Crippen molar-refractivity contribution >= 4 is 0 Å². The van der Waals surface area contributed by atoms with Crippen LogP contribution in [-0.4, -0.2) is 18.6 Å². The van der Waals surface area contributed by atoms with Gasteiger partial charge in [0, 0.05) is 12.1 Å². The van der Waals surface area contributed by atoms with Crippen LogP contribution in [0.2, 0.25) is 0 Å². The predicted molar refractivity (Wildman–Crippen MR) is 47.0 cm³/mol. The zero-order valence-corrected chi connectivity index (χ0v) is 7.22. The highest BCUT2D eigenvalue weighted by Crippen LogP contribution is 2.33. The second-order valence-corrected chi connectivity index (χ2v) is 4.18. The van der Waals surface area contributed by atoms with Crippen LogP contribution in [0.5, 0.6) is 0 Å². The Labute approximate surface area is 68.3 Å². The summed E-state index contributed by atoms with van der Waals surface area (Å²) >= 11 is 0. The molecule has 2 atom stereocenters. The summed E-state index contributed by atoms with van der Waals surface area (Å²) in [5.74, 6) is 0. The fourth-order valence-electron chi connectivity index (χ4n) is 2.07. The molecule has 11 heavy (non-hydrogen) atoms. The van der Waals surface area contributed by atoms with Crippen LogP contribution in [0.4, 0.5) is 0 Å². The minimum Gasteiger partial charge on any atom is -0.330 e. The van der Waals surface area contributed by atoms with E-state index in [1.54, 1.807) is 0 Å². The second-order valence-electron chi connectivity index (χ2n) is 4.18. The molecule has 0 amide bonds. The molecule has 3 heteroatoms. The van der Waals surface area contributed by atoms with Gasteiger partial charge in [0.05, 0.1) is 0 Å². The molecule has 0 aromatic rings. The molecule has 0 saturated heterocycles. The van der Waals surface area contributed by atoms with Gasteiger partial charge in [-0.05, 0) is 31.2 Å². The first-order chi connectivity index (χ1) is 5.06. The minimum absolute atomic E-state index is 0.192. The third-order valence-corrected chi connectivity index (χ3v) is 2.61. The van der Waals surface area contributed by atoms with Crippen LogP contribution in [0.3, 0.4) is 0 Å². The van der Waals surface area contributed by atoms with E-state index < -0.39 is 0 Å². The van der Waals surface area contributed by atoms with Crippen molar-refractivity contribution in [2.75, 3.05) is 6.54 Å². The molecule has 0 spiro atoms. The Hall–Kier alpha value is -0.120. The molecule has 0 aromatic carbocycles. The van der Waals surface area contributed by atoms with Gasteiger partial charge < -0.3 is 17.2 Å². The highest BCUT2D eigenvalue weighted by molar-refractivity contribution is 4.91. The first-order valence-electron chi connectivity index (χ1n) is 4.27. The maximum atomic E-state index is 5.84. The molecule has 66 valence electrons. The number of nitrogens with two attached hydrogens (primary N) is 3. The SMILES string of the molecule is CC1(CN)CC(N)CC(N)C1. The van der Waals surface area contributed by atoms with Gasteiger partial charge in [-0.25, -0.2) is 0 Å². The zero-order chi connectivity index (χ0) is 8.48. The summed E-state index contributed by atoms with van der Waals surface area (Å²) in [5, 5.41) is 0. The molecule has 1 saturated carbocycles. The molecule has 0 aliphatic heterocycles. The van der Waals surface area contributed by atoms with Gasteiger partial charge in [0.25, 0.3) is 0 Å². The second kappa shape index (κ2) is 3.09. The average molecular weight is 157 g/mol. The standard InChI is InChI=1S/C8H19N3/c1-8(5-9)3-6(10)2-7(11)4-8/h6-7H,2-5,9-11H2,1H3. The Morgan fingerprint density at radius 1 is 1.27 bits per heavy atom. The van der Waals surface area contributed by atoms with Crippen molar-refractivity contribution in [1.82, 2.24) is 0 Å². The number of rotatable bonds is 1. The van der Waals surface area contributed by atoms with Crippen molar-refractivity contribution in [3.8, 4) is 0 Å². The Morgan fingerprint density at radius 2 is 1.73 bits per heavy atom. The fourth-order valence-corrected chi connectivity index (χ4v) is 2.07. The van der Waals surface area contributed by atoms with Crippen LogP contribution in [0, 0.1) is 5.41 Å². The van der Waals surface area contributed by atoms with Crippen LogP contribution >= 0.6 is 0 Å². The zero-order valence-electron chi connectivity index (χ0n) is 7.22. The predicted octanol–water partition coefficient (Wildman–Crippen LogP) is -0.210. The maximum absolute atomic E-state index is 5.84. The van der Waals surface area contributed by atoms with Gasteiger partial charge in [-0.3, -0.25) is 0 Å². The molecule has 3 nitrogen and oxygen atoms in total. The van der Waals surface area contributed by atoms with Crippen LogP contribution in [0.25, 0.3) is 0 Å². The molecule has 1 fully saturated rings. The Balaban J connectivity index is 2.55. The molecule has 0 aromatic heterocycles. The summed E-state index contributed by atoms with van der Waals surface area (Å²) in [6, 6.07) is 0.514. The lowest BCUT2D eigenvalue weighted by Crippen LogP contribution is -2.47. The molecule has 6 N–H and O–H groups in total. The highest BCUT2D eigenvalue weighted by Gasteiger charge is 2.33. The molecule has 2 unspecified atom stereocenters. The summed E-state index contributed by atoms with van der Waals surface area (Å²) in [5.41, 5.74) is 17.5. The molecule has 1 aliphatic carbocycles. The van der Waals surface area contributed by atoms with Crippen molar-refractivity contribution in [3.63, 3.8) is 0 Å². The van der Waals surface area contributed by atoms with Gasteiger partial charge in [-0.1, -0.05) is 6.92 Å². The lowest BCUT2D eigenvalue weighted by atomic mass is 9.72. The average Bonchev–Trinajstić information content (AvgIpc) is 1.84. The highest BCUT2D eigenvalue weighted by atomic mass is 14.8. The van der Waals surface area contributed by atoms with Gasteiger partial charge in [0.15, 0.2) is 0 Å². The third kappa shape index (κ3) is 2.15. The van der Waals surface area contributed by atoms with Crippen molar-refractivity contribution in [1.29, 1.82) is 0 Å². The monoisotopic (exact) mass is 157 g/mol. The normalized spacial score (nSPS) is 45.8. The lowest BCUT2D eigenvalue weighted by molar-refractivity contribution is 0.184. The van der Waals surface area contributed by atoms with Crippen LogP contribution in [0.15, 0.2) is 0 Å². The van der Waals surface area contributed by atoms with E-state index >= 15 is 0 Å². The van der Waals surface area contributed by atoms with E-state index in [4.69, 9.17) is 17.2 Å². The molecule has 1 aliphatic rings. The Kier molecular flexibility index (Phi) is 2.52. The molecular formula is C8H19N3. The van der Waals surface area contributed by atoms with Crippen molar-refractivity contribution in [2.45, 2.75) is 38.3 Å². The summed E-state index contributed by atoms with van der Waals surface area (Å²) < 4.78 is 0. The smallest absolute Gasteiger partial charge is 0.00592 e. The van der Waals surface area contributed by atoms with Gasteiger partial charge in [-0.2, -0.15) is 0 Å². The van der Waals surface area contributed by atoms with E-state index in [0.717, 1.165) is 19.3 Å². The molecule has 1 rings (SSSR count). The number of hydrogen-bond acceptors (Lipinski definition) is 3. The van der Waals surface area contributed by atoms with E-state index in [1.807, 2.05) is 0 Å². The van der Waals surface area contributed by atoms with Crippen molar-refractivity contribution in [2.24, 2.45) is 22.6 Å². The van der Waals surface area contributed by atoms with E-state index in [9.17, 15) is 0 Å². The van der Waals surface area contributed by atoms with Crippen molar-refractivity contribution < 1.29 is 0 Å². The molecule has 0 bridgehead atoms. The third-order valence-electron chi connectivity index (χ3n) is 2.61. The van der Waals surface area contributed by atoms with Gasteiger partial charge in [-0.15, -0.1) is 0 Å². The fraction of sp³-hybridized carbons (Fsp3) is 1.00. The molecule has 0 heterocycles. The molecule has 0 radical (unpaired) electrons. The summed E-state index contributed by atoms with van der Waals surface area (Å²) in [7, 11) is 0. The first kappa shape index (κ1) is 8.97.